The second-order valence-electron chi connectivity index (χ2n) is 6.34. The quantitative estimate of drug-likeness (QED) is 0.294. The van der Waals surface area contributed by atoms with Crippen LogP contribution in [0.25, 0.3) is 0 Å². The van der Waals surface area contributed by atoms with Crippen LogP contribution < -0.4 is 10.6 Å². The lowest BCUT2D eigenvalue weighted by Gasteiger charge is -2.35. The van der Waals surface area contributed by atoms with Gasteiger partial charge in [0.1, 0.15) is 0 Å². The second kappa shape index (κ2) is 12.5. The Hall–Kier alpha value is -0.0400. The Labute approximate surface area is 148 Å². The van der Waals surface area contributed by atoms with Gasteiger partial charge in [0.15, 0.2) is 5.96 Å². The predicted molar refractivity (Wildman–Crippen MR) is 104 cm³/mol. The van der Waals surface area contributed by atoms with Gasteiger partial charge in [-0.2, -0.15) is 0 Å². The summed E-state index contributed by atoms with van der Waals surface area (Å²) >= 11 is 0. The maximum atomic E-state index is 4.25. The van der Waals surface area contributed by atoms with Crippen LogP contribution in [0.1, 0.15) is 46.5 Å². The number of nitrogens with zero attached hydrogens (tertiary/aromatic N) is 2. The number of hydrogen-bond acceptors (Lipinski definition) is 2. The van der Waals surface area contributed by atoms with Crippen molar-refractivity contribution in [2.24, 2.45) is 16.8 Å². The van der Waals surface area contributed by atoms with Crippen LogP contribution in [0.2, 0.25) is 0 Å². The first-order valence-corrected chi connectivity index (χ1v) is 8.32. The summed E-state index contributed by atoms with van der Waals surface area (Å²) in [4.78, 5) is 6.87. The summed E-state index contributed by atoms with van der Waals surface area (Å²) in [6, 6.07) is 0. The molecule has 126 valence electrons. The van der Waals surface area contributed by atoms with E-state index < -0.39 is 0 Å². The third kappa shape index (κ3) is 9.55. The van der Waals surface area contributed by atoms with Gasteiger partial charge in [-0.05, 0) is 37.6 Å². The summed E-state index contributed by atoms with van der Waals surface area (Å²) < 4.78 is 0. The second-order valence-corrected chi connectivity index (χ2v) is 6.34. The Morgan fingerprint density at radius 1 is 1.10 bits per heavy atom. The third-order valence-corrected chi connectivity index (χ3v) is 3.93. The van der Waals surface area contributed by atoms with Crippen molar-refractivity contribution in [3.63, 3.8) is 0 Å². The van der Waals surface area contributed by atoms with Crippen LogP contribution in [0.3, 0.4) is 0 Å². The molecule has 0 spiro atoms. The zero-order valence-corrected chi connectivity index (χ0v) is 16.7. The van der Waals surface area contributed by atoms with E-state index in [0.29, 0.717) is 0 Å². The average molecular weight is 410 g/mol. The summed E-state index contributed by atoms with van der Waals surface area (Å²) in [6.07, 6.45) is 5.00. The Balaban J connectivity index is 0.00000400. The smallest absolute Gasteiger partial charge is 0.190 e. The molecule has 0 saturated carbocycles. The van der Waals surface area contributed by atoms with Gasteiger partial charge in [-0.1, -0.05) is 27.2 Å². The highest BCUT2D eigenvalue weighted by molar-refractivity contribution is 14.0. The van der Waals surface area contributed by atoms with Crippen molar-refractivity contribution in [1.29, 1.82) is 0 Å². The van der Waals surface area contributed by atoms with Crippen molar-refractivity contribution in [3.05, 3.63) is 0 Å². The standard InChI is InChI=1S/C16H34N4.HI/c1-5-6-8-18-16(17-4)19-9-7-10-20-12-14(2)11-15(3)13-20;/h14-15H,5-13H2,1-4H3,(H2,17,18,19);1H. The molecule has 21 heavy (non-hydrogen) atoms. The van der Waals surface area contributed by atoms with Gasteiger partial charge in [0.05, 0.1) is 0 Å². The molecule has 1 aliphatic heterocycles. The van der Waals surface area contributed by atoms with E-state index >= 15 is 0 Å². The zero-order valence-electron chi connectivity index (χ0n) is 14.3. The van der Waals surface area contributed by atoms with E-state index in [9.17, 15) is 0 Å². The molecule has 0 aliphatic carbocycles. The maximum absolute atomic E-state index is 4.25. The highest BCUT2D eigenvalue weighted by Crippen LogP contribution is 2.20. The molecule has 0 aromatic heterocycles. The van der Waals surface area contributed by atoms with Crippen molar-refractivity contribution in [2.45, 2.75) is 46.5 Å². The number of nitrogens with one attached hydrogen (secondary N) is 2. The van der Waals surface area contributed by atoms with E-state index in [0.717, 1.165) is 30.9 Å². The molecule has 1 saturated heterocycles. The number of guanidine groups is 1. The van der Waals surface area contributed by atoms with Crippen molar-refractivity contribution >= 4 is 29.9 Å². The molecule has 0 aromatic rings. The predicted octanol–water partition coefficient (Wildman–Crippen LogP) is 2.94. The summed E-state index contributed by atoms with van der Waals surface area (Å²) in [7, 11) is 1.84. The van der Waals surface area contributed by atoms with Crippen LogP contribution in [-0.2, 0) is 0 Å². The van der Waals surface area contributed by atoms with E-state index in [2.05, 4.69) is 41.3 Å². The van der Waals surface area contributed by atoms with Gasteiger partial charge < -0.3 is 15.5 Å². The number of piperidine rings is 1. The van der Waals surface area contributed by atoms with Gasteiger partial charge in [-0.15, -0.1) is 24.0 Å². The Morgan fingerprint density at radius 2 is 1.67 bits per heavy atom. The number of halogens is 1. The summed E-state index contributed by atoms with van der Waals surface area (Å²) in [5, 5.41) is 6.75. The van der Waals surface area contributed by atoms with Crippen LogP contribution in [0.4, 0.5) is 0 Å². The number of rotatable bonds is 7. The molecule has 1 rings (SSSR count). The summed E-state index contributed by atoms with van der Waals surface area (Å²) in [6.45, 7) is 12.7. The normalized spacial score (nSPS) is 23.5. The molecule has 0 bridgehead atoms. The van der Waals surface area contributed by atoms with Gasteiger partial charge in [0.25, 0.3) is 0 Å². The number of unbranched alkanes of at least 4 members (excludes halogenated alkanes) is 1. The van der Waals surface area contributed by atoms with Crippen LogP contribution in [0.15, 0.2) is 4.99 Å². The van der Waals surface area contributed by atoms with Gasteiger partial charge >= 0.3 is 0 Å². The minimum atomic E-state index is 0. The minimum absolute atomic E-state index is 0. The van der Waals surface area contributed by atoms with Gasteiger partial charge in [-0.25, -0.2) is 0 Å². The van der Waals surface area contributed by atoms with Crippen LogP contribution in [0, 0.1) is 11.8 Å². The Morgan fingerprint density at radius 3 is 2.19 bits per heavy atom. The molecule has 4 nitrogen and oxygen atoms in total. The van der Waals surface area contributed by atoms with E-state index in [4.69, 9.17) is 0 Å². The fourth-order valence-electron chi connectivity index (χ4n) is 3.09. The Bertz CT molecular complexity index is 273. The highest BCUT2D eigenvalue weighted by Gasteiger charge is 2.20. The largest absolute Gasteiger partial charge is 0.356 e. The molecule has 2 unspecified atom stereocenters. The molecule has 5 heteroatoms. The van der Waals surface area contributed by atoms with Crippen molar-refractivity contribution in [2.75, 3.05) is 39.8 Å². The van der Waals surface area contributed by atoms with E-state index in [1.54, 1.807) is 0 Å². The van der Waals surface area contributed by atoms with Crippen LogP contribution in [-0.4, -0.2) is 50.6 Å². The number of likely N-dealkylation sites (tertiary alicyclic amines) is 1. The summed E-state index contributed by atoms with van der Waals surface area (Å²) in [5.41, 5.74) is 0. The maximum Gasteiger partial charge on any atom is 0.190 e. The molecular weight excluding hydrogens is 375 g/mol. The van der Waals surface area contributed by atoms with Crippen molar-refractivity contribution < 1.29 is 0 Å². The van der Waals surface area contributed by atoms with Crippen molar-refractivity contribution in [1.82, 2.24) is 15.5 Å². The topological polar surface area (TPSA) is 39.7 Å². The summed E-state index contributed by atoms with van der Waals surface area (Å²) in [5.74, 6) is 2.66. The van der Waals surface area contributed by atoms with Crippen LogP contribution in [0.5, 0.6) is 0 Å². The minimum Gasteiger partial charge on any atom is -0.356 e. The number of hydrogen-bond donors (Lipinski definition) is 2. The molecule has 2 N–H and O–H groups in total. The lowest BCUT2D eigenvalue weighted by molar-refractivity contribution is 0.140. The van der Waals surface area contributed by atoms with E-state index in [-0.39, 0.29) is 24.0 Å². The number of aliphatic imine (C=N–C) groups is 1. The first-order valence-electron chi connectivity index (χ1n) is 8.32. The molecule has 1 fully saturated rings. The fraction of sp³-hybridized carbons (Fsp3) is 0.938. The first kappa shape index (κ1) is 21.0. The fourth-order valence-corrected chi connectivity index (χ4v) is 3.09. The first-order chi connectivity index (χ1) is 9.65. The molecule has 1 aliphatic rings. The van der Waals surface area contributed by atoms with Gasteiger partial charge in [-0.3, -0.25) is 4.99 Å². The third-order valence-electron chi connectivity index (χ3n) is 3.93. The molecular formula is C16H35IN4. The highest BCUT2D eigenvalue weighted by atomic mass is 127. The molecule has 2 atom stereocenters. The molecule has 1 heterocycles. The Kier molecular flexibility index (Phi) is 12.5. The zero-order chi connectivity index (χ0) is 14.8. The monoisotopic (exact) mass is 410 g/mol. The van der Waals surface area contributed by atoms with E-state index in [1.807, 2.05) is 7.05 Å². The molecule has 0 aromatic carbocycles. The average Bonchev–Trinajstić information content (AvgIpc) is 2.40. The van der Waals surface area contributed by atoms with Gasteiger partial charge in [0, 0.05) is 33.2 Å². The van der Waals surface area contributed by atoms with Crippen LogP contribution >= 0.6 is 24.0 Å². The lowest BCUT2D eigenvalue weighted by atomic mass is 9.92. The van der Waals surface area contributed by atoms with E-state index in [1.165, 1.54) is 45.3 Å². The molecule has 0 radical (unpaired) electrons. The molecule has 0 amide bonds. The van der Waals surface area contributed by atoms with Crippen molar-refractivity contribution in [3.8, 4) is 0 Å². The van der Waals surface area contributed by atoms with Gasteiger partial charge in [0.2, 0.25) is 0 Å². The SMILES string of the molecule is CCCCNC(=NC)NCCCN1CC(C)CC(C)C1.I. The lowest BCUT2D eigenvalue weighted by Crippen LogP contribution is -2.41.